The maximum atomic E-state index is 11.3. The van der Waals surface area contributed by atoms with E-state index >= 15 is 0 Å². The Morgan fingerprint density at radius 2 is 1.66 bits per heavy atom. The van der Waals surface area contributed by atoms with Crippen molar-refractivity contribution in [1.29, 1.82) is 0 Å². The minimum Gasteiger partial charge on any atom is -0.369 e. The Balaban J connectivity index is 1.40. The van der Waals surface area contributed by atoms with Crippen LogP contribution in [0.15, 0.2) is 60.8 Å². The highest BCUT2D eigenvalue weighted by atomic mass is 16.2. The van der Waals surface area contributed by atoms with Gasteiger partial charge in [0.2, 0.25) is 17.8 Å². The molecule has 2 heterocycles. The van der Waals surface area contributed by atoms with Crippen LogP contribution in [0.2, 0.25) is 0 Å². The summed E-state index contributed by atoms with van der Waals surface area (Å²) in [5.41, 5.74) is 4.48. The SMILES string of the molecule is CC(=O)Nc1ccc(-c2ccnc(Nc3ccc(N4CCC(NC(C)=O)C4)cc3)n2)cc1. The number of nitrogens with one attached hydrogen (secondary N) is 3. The number of hydrogen-bond acceptors (Lipinski definition) is 6. The summed E-state index contributed by atoms with van der Waals surface area (Å²) in [5, 5.41) is 8.99. The standard InChI is InChI=1S/C24H26N6O2/c1-16(31)26-19-5-3-18(4-6-19)23-11-13-25-24(29-23)28-20-7-9-22(10-8-20)30-14-12-21(15-30)27-17(2)32/h3-11,13,21H,12,14-15H2,1-2H3,(H,26,31)(H,27,32)(H,25,28,29). The van der Waals surface area contributed by atoms with Crippen LogP contribution >= 0.6 is 0 Å². The van der Waals surface area contributed by atoms with Crippen molar-refractivity contribution < 1.29 is 9.59 Å². The number of carbonyl (C=O) groups excluding carboxylic acids is 2. The summed E-state index contributed by atoms with van der Waals surface area (Å²) in [7, 11) is 0. The lowest BCUT2D eigenvalue weighted by atomic mass is 10.1. The average molecular weight is 431 g/mol. The van der Waals surface area contributed by atoms with Crippen LogP contribution < -0.4 is 20.9 Å². The van der Waals surface area contributed by atoms with E-state index in [1.54, 1.807) is 13.1 Å². The van der Waals surface area contributed by atoms with Gasteiger partial charge in [-0.15, -0.1) is 0 Å². The third-order valence-corrected chi connectivity index (χ3v) is 5.24. The summed E-state index contributed by atoms with van der Waals surface area (Å²) < 4.78 is 0. The minimum absolute atomic E-state index is 0.0160. The minimum atomic E-state index is -0.102. The van der Waals surface area contributed by atoms with Gasteiger partial charge >= 0.3 is 0 Å². The molecule has 1 aliphatic rings. The first-order valence-corrected chi connectivity index (χ1v) is 10.6. The molecule has 0 bridgehead atoms. The molecule has 0 saturated carbocycles. The number of aromatic nitrogens is 2. The van der Waals surface area contributed by atoms with Crippen LogP contribution in [0.3, 0.4) is 0 Å². The fourth-order valence-corrected chi connectivity index (χ4v) is 3.79. The highest BCUT2D eigenvalue weighted by molar-refractivity contribution is 5.88. The van der Waals surface area contributed by atoms with Crippen LogP contribution in [0.1, 0.15) is 20.3 Å². The second-order valence-corrected chi connectivity index (χ2v) is 7.83. The Morgan fingerprint density at radius 1 is 0.938 bits per heavy atom. The van der Waals surface area contributed by atoms with Crippen molar-refractivity contribution in [2.45, 2.75) is 26.3 Å². The van der Waals surface area contributed by atoms with Crippen LogP contribution in [0.4, 0.5) is 23.0 Å². The van der Waals surface area contributed by atoms with Crippen molar-refractivity contribution in [3.63, 3.8) is 0 Å². The second kappa shape index (κ2) is 9.47. The first-order chi connectivity index (χ1) is 15.5. The number of benzene rings is 2. The van der Waals surface area contributed by atoms with E-state index in [1.165, 1.54) is 6.92 Å². The van der Waals surface area contributed by atoms with Crippen molar-refractivity contribution >= 4 is 34.8 Å². The molecular weight excluding hydrogens is 404 g/mol. The van der Waals surface area contributed by atoms with Gasteiger partial charge in [-0.1, -0.05) is 12.1 Å². The van der Waals surface area contributed by atoms with E-state index in [-0.39, 0.29) is 17.9 Å². The molecule has 0 radical (unpaired) electrons. The third-order valence-electron chi connectivity index (χ3n) is 5.24. The van der Waals surface area contributed by atoms with E-state index in [0.717, 1.165) is 47.8 Å². The molecular formula is C24H26N6O2. The molecule has 1 fully saturated rings. The molecule has 4 rings (SSSR count). The van der Waals surface area contributed by atoms with Gasteiger partial charge in [-0.05, 0) is 48.9 Å². The van der Waals surface area contributed by atoms with Crippen LogP contribution in [0, 0.1) is 0 Å². The fraction of sp³-hybridized carbons (Fsp3) is 0.250. The Kier molecular flexibility index (Phi) is 6.30. The second-order valence-electron chi connectivity index (χ2n) is 7.83. The zero-order valence-electron chi connectivity index (χ0n) is 18.1. The van der Waals surface area contributed by atoms with E-state index < -0.39 is 0 Å². The molecule has 2 aromatic carbocycles. The predicted molar refractivity (Wildman–Crippen MR) is 126 cm³/mol. The van der Waals surface area contributed by atoms with Gasteiger partial charge in [0.05, 0.1) is 5.69 Å². The van der Waals surface area contributed by atoms with E-state index in [0.29, 0.717) is 5.95 Å². The molecule has 1 unspecified atom stereocenters. The number of amides is 2. The zero-order valence-corrected chi connectivity index (χ0v) is 18.1. The summed E-state index contributed by atoms with van der Waals surface area (Å²) in [4.78, 5) is 33.6. The monoisotopic (exact) mass is 430 g/mol. The third kappa shape index (κ3) is 5.40. The van der Waals surface area contributed by atoms with E-state index in [4.69, 9.17) is 0 Å². The fourth-order valence-electron chi connectivity index (χ4n) is 3.79. The quantitative estimate of drug-likeness (QED) is 0.553. The molecule has 2 amide bonds. The normalized spacial score (nSPS) is 15.3. The lowest BCUT2D eigenvalue weighted by Crippen LogP contribution is -2.35. The number of carbonyl (C=O) groups is 2. The topological polar surface area (TPSA) is 99.3 Å². The van der Waals surface area contributed by atoms with Gasteiger partial charge in [0, 0.05) is 61.8 Å². The van der Waals surface area contributed by atoms with Crippen molar-refractivity contribution in [3.8, 4) is 11.3 Å². The van der Waals surface area contributed by atoms with Crippen molar-refractivity contribution in [2.75, 3.05) is 28.6 Å². The predicted octanol–water partition coefficient (Wildman–Crippen LogP) is 3.56. The van der Waals surface area contributed by atoms with Gasteiger partial charge in [0.1, 0.15) is 0 Å². The Morgan fingerprint density at radius 3 is 2.34 bits per heavy atom. The highest BCUT2D eigenvalue weighted by Crippen LogP contribution is 2.25. The van der Waals surface area contributed by atoms with Gasteiger partial charge in [-0.2, -0.15) is 0 Å². The van der Waals surface area contributed by atoms with Crippen LogP contribution in [0.5, 0.6) is 0 Å². The largest absolute Gasteiger partial charge is 0.369 e. The number of rotatable bonds is 6. The van der Waals surface area contributed by atoms with Gasteiger partial charge in [-0.25, -0.2) is 9.97 Å². The summed E-state index contributed by atoms with van der Waals surface area (Å²) in [6.45, 7) is 4.78. The Labute approximate surface area is 187 Å². The summed E-state index contributed by atoms with van der Waals surface area (Å²) in [6, 6.07) is 17.7. The number of anilines is 4. The number of hydrogen-bond donors (Lipinski definition) is 3. The maximum Gasteiger partial charge on any atom is 0.227 e. The molecule has 0 aliphatic carbocycles. The van der Waals surface area contributed by atoms with Crippen LogP contribution in [0.25, 0.3) is 11.3 Å². The van der Waals surface area contributed by atoms with Crippen molar-refractivity contribution in [3.05, 3.63) is 60.8 Å². The molecule has 3 aromatic rings. The molecule has 8 heteroatoms. The van der Waals surface area contributed by atoms with Gasteiger partial charge in [0.15, 0.2) is 0 Å². The summed E-state index contributed by atoms with van der Waals surface area (Å²) in [5.74, 6) is 0.421. The van der Waals surface area contributed by atoms with Gasteiger partial charge in [0.25, 0.3) is 0 Å². The highest BCUT2D eigenvalue weighted by Gasteiger charge is 2.23. The molecule has 0 spiro atoms. The first-order valence-electron chi connectivity index (χ1n) is 10.6. The molecule has 1 atom stereocenters. The first kappa shape index (κ1) is 21.3. The molecule has 164 valence electrons. The smallest absolute Gasteiger partial charge is 0.227 e. The molecule has 1 aliphatic heterocycles. The number of nitrogens with zero attached hydrogens (tertiary/aromatic N) is 3. The molecule has 1 saturated heterocycles. The molecule has 32 heavy (non-hydrogen) atoms. The lowest BCUT2D eigenvalue weighted by molar-refractivity contribution is -0.119. The van der Waals surface area contributed by atoms with E-state index in [1.807, 2.05) is 42.5 Å². The zero-order chi connectivity index (χ0) is 22.5. The Hall–Kier alpha value is -3.94. The Bertz CT molecular complexity index is 1100. The summed E-state index contributed by atoms with van der Waals surface area (Å²) >= 11 is 0. The van der Waals surface area contributed by atoms with E-state index in [9.17, 15) is 9.59 Å². The van der Waals surface area contributed by atoms with Gasteiger partial charge < -0.3 is 20.9 Å². The van der Waals surface area contributed by atoms with Gasteiger partial charge in [-0.3, -0.25) is 9.59 Å². The maximum absolute atomic E-state index is 11.3. The van der Waals surface area contributed by atoms with Crippen LogP contribution in [-0.2, 0) is 9.59 Å². The van der Waals surface area contributed by atoms with Crippen molar-refractivity contribution in [1.82, 2.24) is 15.3 Å². The molecule has 3 N–H and O–H groups in total. The van der Waals surface area contributed by atoms with Crippen molar-refractivity contribution in [2.24, 2.45) is 0 Å². The molecule has 1 aromatic heterocycles. The summed E-state index contributed by atoms with van der Waals surface area (Å²) in [6.07, 6.45) is 2.67. The average Bonchev–Trinajstić information content (AvgIpc) is 3.22. The lowest BCUT2D eigenvalue weighted by Gasteiger charge is -2.19. The van der Waals surface area contributed by atoms with Crippen LogP contribution in [-0.4, -0.2) is 40.9 Å². The molecule has 8 nitrogen and oxygen atoms in total. The van der Waals surface area contributed by atoms with E-state index in [2.05, 4.69) is 43.0 Å².